The Labute approximate surface area is 179 Å². The Bertz CT molecular complexity index is 618. The maximum atomic E-state index is 13.0. The average molecular weight is 447 g/mol. The Balaban J connectivity index is 2.37. The van der Waals surface area contributed by atoms with E-state index in [0.29, 0.717) is 6.61 Å². The summed E-state index contributed by atoms with van der Waals surface area (Å²) in [6.45, 7) is 25.8. The van der Waals surface area contributed by atoms with Crippen LogP contribution in [0.4, 0.5) is 0 Å². The Hall–Kier alpha value is -0.256. The number of ether oxygens (including phenoxy) is 3. The van der Waals surface area contributed by atoms with Gasteiger partial charge in [-0.25, -0.2) is 4.79 Å². The zero-order valence-corrected chi connectivity index (χ0v) is 22.5. The highest BCUT2D eigenvalue weighted by Crippen LogP contribution is 2.44. The van der Waals surface area contributed by atoms with Crippen LogP contribution in [0.25, 0.3) is 0 Å². The molecule has 0 aromatic carbocycles. The van der Waals surface area contributed by atoms with Crippen LogP contribution in [0, 0.1) is 0 Å². The largest absolute Gasteiger partial charge is 0.455 e. The molecule has 2 aliphatic heterocycles. The average Bonchev–Trinajstić information content (AvgIpc) is 2.98. The summed E-state index contributed by atoms with van der Waals surface area (Å²) in [5, 5.41) is -0.0289. The summed E-state index contributed by atoms with van der Waals surface area (Å²) in [5.74, 6) is -1.05. The summed E-state index contributed by atoms with van der Waals surface area (Å²) in [6, 6.07) is 0. The molecule has 6 nitrogen and oxygen atoms in total. The van der Waals surface area contributed by atoms with Gasteiger partial charge >= 0.3 is 5.97 Å². The van der Waals surface area contributed by atoms with Gasteiger partial charge in [-0.15, -0.1) is 0 Å². The maximum Gasteiger partial charge on any atom is 0.337 e. The van der Waals surface area contributed by atoms with Crippen molar-refractivity contribution >= 4 is 22.6 Å². The summed E-state index contributed by atoms with van der Waals surface area (Å²) in [4.78, 5) is 13.0. The first-order valence-electron chi connectivity index (χ1n) is 10.7. The zero-order chi connectivity index (χ0) is 22.6. The molecule has 2 heterocycles. The minimum absolute atomic E-state index is 0.00296. The summed E-state index contributed by atoms with van der Waals surface area (Å²) >= 11 is 0. The fraction of sp³-hybridized carbons (Fsp3) is 0.952. The molecule has 0 radical (unpaired) electrons. The molecule has 2 fully saturated rings. The molecular weight excluding hydrogens is 404 g/mol. The fourth-order valence-electron chi connectivity index (χ4n) is 2.99. The first kappa shape index (κ1) is 25.0. The number of hydrogen-bond donors (Lipinski definition) is 0. The van der Waals surface area contributed by atoms with Gasteiger partial charge in [0, 0.05) is 0 Å². The van der Waals surface area contributed by atoms with Crippen molar-refractivity contribution in [1.29, 1.82) is 0 Å². The lowest BCUT2D eigenvalue weighted by molar-refractivity contribution is -0.166. The van der Waals surface area contributed by atoms with Gasteiger partial charge in [0.1, 0.15) is 12.2 Å². The third kappa shape index (κ3) is 5.33. The molecule has 29 heavy (non-hydrogen) atoms. The second kappa shape index (κ2) is 7.71. The lowest BCUT2D eigenvalue weighted by atomic mass is 10.1. The molecule has 0 unspecified atom stereocenters. The number of carbonyl (C=O) groups is 1. The fourth-order valence-corrected chi connectivity index (χ4v) is 5.51. The first-order valence-corrected chi connectivity index (χ1v) is 16.5. The molecule has 0 amide bonds. The number of cyclic esters (lactones) is 1. The van der Waals surface area contributed by atoms with E-state index in [1.807, 2.05) is 13.8 Å². The molecule has 0 aromatic heterocycles. The van der Waals surface area contributed by atoms with Gasteiger partial charge in [-0.05, 0) is 50.1 Å². The van der Waals surface area contributed by atoms with Crippen LogP contribution in [0.15, 0.2) is 0 Å². The molecule has 0 bridgehead atoms. The van der Waals surface area contributed by atoms with Crippen LogP contribution in [0.2, 0.25) is 36.3 Å². The van der Waals surface area contributed by atoms with Gasteiger partial charge in [-0.2, -0.15) is 0 Å². The van der Waals surface area contributed by atoms with E-state index in [2.05, 4.69) is 67.7 Å². The zero-order valence-electron chi connectivity index (χ0n) is 20.5. The highest BCUT2D eigenvalue weighted by Gasteiger charge is 2.57. The van der Waals surface area contributed by atoms with Crippen molar-refractivity contribution < 1.29 is 27.9 Å². The maximum absolute atomic E-state index is 13.0. The summed E-state index contributed by atoms with van der Waals surface area (Å²) in [7, 11) is -4.39. The topological polar surface area (TPSA) is 63.2 Å². The summed E-state index contributed by atoms with van der Waals surface area (Å²) < 4.78 is 30.9. The Morgan fingerprint density at radius 1 is 0.931 bits per heavy atom. The number of carbonyl (C=O) groups excluding carboxylic acids is 1. The molecule has 2 rings (SSSR count). The predicted molar refractivity (Wildman–Crippen MR) is 119 cm³/mol. The van der Waals surface area contributed by atoms with Crippen molar-refractivity contribution in [3.63, 3.8) is 0 Å². The molecule has 0 N–H and O–H groups in total. The molecular formula is C21H42O6Si2. The second-order valence-corrected chi connectivity index (χ2v) is 21.4. The molecule has 0 aliphatic carbocycles. The van der Waals surface area contributed by atoms with Crippen LogP contribution < -0.4 is 0 Å². The van der Waals surface area contributed by atoms with Crippen molar-refractivity contribution in [2.75, 3.05) is 6.61 Å². The number of esters is 1. The first-order chi connectivity index (χ1) is 12.8. The second-order valence-electron chi connectivity index (χ2n) is 11.9. The monoisotopic (exact) mass is 446 g/mol. The Kier molecular flexibility index (Phi) is 6.65. The highest BCUT2D eigenvalue weighted by atomic mass is 28.4. The Morgan fingerprint density at radius 3 is 1.83 bits per heavy atom. The minimum Gasteiger partial charge on any atom is -0.455 e. The van der Waals surface area contributed by atoms with Crippen LogP contribution in [0.1, 0.15) is 55.4 Å². The predicted octanol–water partition coefficient (Wildman–Crippen LogP) is 4.84. The number of hydrogen-bond acceptors (Lipinski definition) is 6. The Morgan fingerprint density at radius 2 is 1.41 bits per heavy atom. The number of rotatable bonds is 5. The SMILES string of the molecule is CC1(C)OC[C@H]([C@@H]2OC(=O)[C@H](O[Si](C)(C)C(C)(C)C)[C@H]2O[Si](C)(C)C(C)(C)C)O1. The van der Waals surface area contributed by atoms with E-state index in [1.165, 1.54) is 0 Å². The summed E-state index contributed by atoms with van der Waals surface area (Å²) in [5.41, 5.74) is 0. The lowest BCUT2D eigenvalue weighted by Gasteiger charge is -2.43. The standard InChI is InChI=1S/C21H42O6Si2/c1-19(2,3)28(9,10)26-16-15(14-13-23-21(7,8)25-14)24-18(22)17(16)27-29(11,12)20(4,5)6/h14-17H,13H2,1-12H3/t14-,15+,16+,17-/m1/s1. The molecule has 2 aliphatic rings. The van der Waals surface area contributed by atoms with Crippen LogP contribution in [-0.2, 0) is 27.9 Å². The summed E-state index contributed by atoms with van der Waals surface area (Å²) in [6.07, 6.45) is -2.13. The molecule has 170 valence electrons. The van der Waals surface area contributed by atoms with E-state index in [0.717, 1.165) is 0 Å². The van der Waals surface area contributed by atoms with Crippen molar-refractivity contribution in [2.45, 2.75) is 122 Å². The van der Waals surface area contributed by atoms with Crippen LogP contribution in [0.5, 0.6) is 0 Å². The van der Waals surface area contributed by atoms with Crippen molar-refractivity contribution in [2.24, 2.45) is 0 Å². The van der Waals surface area contributed by atoms with E-state index < -0.39 is 40.7 Å². The van der Waals surface area contributed by atoms with Crippen molar-refractivity contribution in [3.8, 4) is 0 Å². The minimum atomic E-state index is -2.21. The van der Waals surface area contributed by atoms with E-state index in [9.17, 15) is 4.79 Å². The van der Waals surface area contributed by atoms with Gasteiger partial charge < -0.3 is 23.1 Å². The quantitative estimate of drug-likeness (QED) is 0.444. The van der Waals surface area contributed by atoms with Crippen LogP contribution in [0.3, 0.4) is 0 Å². The van der Waals surface area contributed by atoms with Crippen molar-refractivity contribution in [3.05, 3.63) is 0 Å². The highest BCUT2D eigenvalue weighted by molar-refractivity contribution is 6.74. The third-order valence-electron chi connectivity index (χ3n) is 6.97. The van der Waals surface area contributed by atoms with E-state index in [1.54, 1.807) is 0 Å². The van der Waals surface area contributed by atoms with Gasteiger partial charge in [0.15, 0.2) is 34.6 Å². The van der Waals surface area contributed by atoms with Crippen LogP contribution in [-0.4, -0.2) is 59.4 Å². The van der Waals surface area contributed by atoms with E-state index in [4.69, 9.17) is 23.1 Å². The molecule has 0 aromatic rings. The van der Waals surface area contributed by atoms with Gasteiger partial charge in [0.2, 0.25) is 0 Å². The molecule has 4 atom stereocenters. The molecule has 0 saturated carbocycles. The van der Waals surface area contributed by atoms with E-state index in [-0.39, 0.29) is 22.1 Å². The molecule has 8 heteroatoms. The third-order valence-corrected chi connectivity index (χ3v) is 15.9. The molecule has 2 saturated heterocycles. The molecule has 0 spiro atoms. The van der Waals surface area contributed by atoms with Gasteiger partial charge in [0.05, 0.1) is 6.61 Å². The van der Waals surface area contributed by atoms with Gasteiger partial charge in [-0.1, -0.05) is 41.5 Å². The lowest BCUT2D eigenvalue weighted by Crippen LogP contribution is -2.55. The van der Waals surface area contributed by atoms with Gasteiger partial charge in [0.25, 0.3) is 0 Å². The normalized spacial score (nSPS) is 31.2. The van der Waals surface area contributed by atoms with Crippen molar-refractivity contribution in [1.82, 2.24) is 0 Å². The van der Waals surface area contributed by atoms with Gasteiger partial charge in [-0.3, -0.25) is 0 Å². The smallest absolute Gasteiger partial charge is 0.337 e. The van der Waals surface area contributed by atoms with E-state index >= 15 is 0 Å². The van der Waals surface area contributed by atoms with Crippen LogP contribution >= 0.6 is 0 Å².